The van der Waals surface area contributed by atoms with E-state index in [1.165, 1.54) is 18.2 Å². The van der Waals surface area contributed by atoms with Crippen LogP contribution in [0.4, 0.5) is 8.78 Å². The maximum Gasteiger partial charge on any atom is 0.248 e. The molecular formula is C16H11F2N5O2. The largest absolute Gasteiger partial charge is 0.366 e. The van der Waals surface area contributed by atoms with Crippen LogP contribution in [-0.4, -0.2) is 31.9 Å². The summed E-state index contributed by atoms with van der Waals surface area (Å²) in [6.45, 7) is -0.280. The highest BCUT2D eigenvalue weighted by Gasteiger charge is 2.13. The molecule has 3 rings (SSSR count). The Balaban J connectivity index is 1.75. The molecule has 0 spiro atoms. The minimum atomic E-state index is -1.10. The molecule has 0 saturated carbocycles. The van der Waals surface area contributed by atoms with Gasteiger partial charge in [0.1, 0.15) is 6.54 Å². The van der Waals surface area contributed by atoms with Gasteiger partial charge in [0.15, 0.2) is 17.4 Å². The van der Waals surface area contributed by atoms with Gasteiger partial charge < -0.3 is 5.73 Å². The summed E-state index contributed by atoms with van der Waals surface area (Å²) in [6, 6.07) is 9.11. The van der Waals surface area contributed by atoms with Crippen molar-refractivity contribution in [2.24, 2.45) is 5.73 Å². The Hall–Kier alpha value is -3.49. The fourth-order valence-electron chi connectivity index (χ4n) is 2.10. The molecule has 0 radical (unpaired) electrons. The zero-order valence-electron chi connectivity index (χ0n) is 12.7. The molecule has 0 aliphatic heterocycles. The van der Waals surface area contributed by atoms with Gasteiger partial charge in [0.2, 0.25) is 11.7 Å². The molecule has 3 aromatic rings. The smallest absolute Gasteiger partial charge is 0.248 e. The van der Waals surface area contributed by atoms with Crippen molar-refractivity contribution in [1.29, 1.82) is 0 Å². The molecule has 1 heterocycles. The first-order chi connectivity index (χ1) is 11.9. The van der Waals surface area contributed by atoms with E-state index >= 15 is 0 Å². The molecule has 1 amide bonds. The van der Waals surface area contributed by atoms with Gasteiger partial charge in [0.05, 0.1) is 0 Å². The highest BCUT2D eigenvalue weighted by atomic mass is 19.2. The second kappa shape index (κ2) is 6.56. The molecule has 0 bridgehead atoms. The summed E-state index contributed by atoms with van der Waals surface area (Å²) in [5, 5.41) is 11.6. The van der Waals surface area contributed by atoms with Crippen molar-refractivity contribution in [3.05, 3.63) is 65.2 Å². The molecule has 25 heavy (non-hydrogen) atoms. The molecule has 0 unspecified atom stereocenters. The van der Waals surface area contributed by atoms with Gasteiger partial charge in [-0.25, -0.2) is 8.78 Å². The summed E-state index contributed by atoms with van der Waals surface area (Å²) >= 11 is 0. The third-order valence-electron chi connectivity index (χ3n) is 3.41. The van der Waals surface area contributed by atoms with Crippen LogP contribution in [0.15, 0.2) is 42.5 Å². The van der Waals surface area contributed by atoms with Gasteiger partial charge in [-0.2, -0.15) is 4.80 Å². The van der Waals surface area contributed by atoms with Crippen LogP contribution >= 0.6 is 0 Å². The van der Waals surface area contributed by atoms with Crippen LogP contribution < -0.4 is 5.73 Å². The lowest BCUT2D eigenvalue weighted by atomic mass is 10.1. The van der Waals surface area contributed by atoms with Gasteiger partial charge in [-0.3, -0.25) is 9.59 Å². The molecule has 0 atom stereocenters. The van der Waals surface area contributed by atoms with Crippen molar-refractivity contribution >= 4 is 11.7 Å². The van der Waals surface area contributed by atoms with E-state index in [-0.39, 0.29) is 17.9 Å². The van der Waals surface area contributed by atoms with Gasteiger partial charge in [-0.15, -0.1) is 10.2 Å². The van der Waals surface area contributed by atoms with Crippen molar-refractivity contribution in [3.63, 3.8) is 0 Å². The second-order valence-corrected chi connectivity index (χ2v) is 5.14. The molecule has 1 aromatic heterocycles. The lowest BCUT2D eigenvalue weighted by Crippen LogP contribution is -2.13. The number of hydrogen-bond donors (Lipinski definition) is 1. The zero-order valence-corrected chi connectivity index (χ0v) is 12.7. The Labute approximate surface area is 140 Å². The molecular weight excluding hydrogens is 332 g/mol. The molecule has 126 valence electrons. The average Bonchev–Trinajstić information content (AvgIpc) is 3.05. The third kappa shape index (κ3) is 3.55. The predicted molar refractivity (Wildman–Crippen MR) is 82.5 cm³/mol. The molecule has 0 fully saturated rings. The summed E-state index contributed by atoms with van der Waals surface area (Å²) in [5.74, 6) is -2.94. The molecule has 0 aliphatic carbocycles. The molecule has 9 heteroatoms. The fourth-order valence-corrected chi connectivity index (χ4v) is 2.10. The van der Waals surface area contributed by atoms with Crippen molar-refractivity contribution in [1.82, 2.24) is 20.2 Å². The van der Waals surface area contributed by atoms with Crippen LogP contribution in [0.2, 0.25) is 0 Å². The summed E-state index contributed by atoms with van der Waals surface area (Å²) in [7, 11) is 0. The van der Waals surface area contributed by atoms with Crippen LogP contribution in [0.1, 0.15) is 20.7 Å². The number of amides is 1. The number of Topliss-reactive ketones (excluding diaryl/α,β-unsaturated/α-hetero) is 1. The van der Waals surface area contributed by atoms with E-state index in [4.69, 9.17) is 5.73 Å². The summed E-state index contributed by atoms with van der Waals surface area (Å²) < 4.78 is 26.1. The molecule has 2 aromatic carbocycles. The monoisotopic (exact) mass is 343 g/mol. The second-order valence-electron chi connectivity index (χ2n) is 5.14. The number of hydrogen-bond acceptors (Lipinski definition) is 5. The third-order valence-corrected chi connectivity index (χ3v) is 3.41. The molecule has 2 N–H and O–H groups in total. The predicted octanol–water partition coefficient (Wildman–Crippen LogP) is 1.60. The van der Waals surface area contributed by atoms with Crippen molar-refractivity contribution in [3.8, 4) is 11.4 Å². The number of carbonyl (C=O) groups is 2. The van der Waals surface area contributed by atoms with Crippen LogP contribution in [0.25, 0.3) is 11.4 Å². The number of ketones is 1. The number of aromatic nitrogens is 4. The highest BCUT2D eigenvalue weighted by Crippen LogP contribution is 2.15. The number of rotatable bonds is 5. The number of primary amides is 1. The lowest BCUT2D eigenvalue weighted by molar-refractivity contribution is 0.0959. The maximum atomic E-state index is 13.2. The Kier molecular flexibility index (Phi) is 4.29. The van der Waals surface area contributed by atoms with Crippen molar-refractivity contribution < 1.29 is 18.4 Å². The first-order valence-electron chi connectivity index (χ1n) is 7.10. The summed E-state index contributed by atoms with van der Waals surface area (Å²) in [4.78, 5) is 24.2. The van der Waals surface area contributed by atoms with Gasteiger partial charge in [-0.05, 0) is 35.5 Å². The van der Waals surface area contributed by atoms with Gasteiger partial charge in [-0.1, -0.05) is 12.1 Å². The average molecular weight is 343 g/mol. The molecule has 0 saturated heterocycles. The number of nitrogens with zero attached hydrogens (tertiary/aromatic N) is 4. The number of nitrogens with two attached hydrogens (primary N) is 1. The Morgan fingerprint density at radius 3 is 2.32 bits per heavy atom. The zero-order chi connectivity index (χ0) is 18.0. The Morgan fingerprint density at radius 1 is 1.00 bits per heavy atom. The minimum absolute atomic E-state index is 0.00330. The van der Waals surface area contributed by atoms with E-state index in [1.807, 2.05) is 0 Å². The highest BCUT2D eigenvalue weighted by molar-refractivity contribution is 5.95. The summed E-state index contributed by atoms with van der Waals surface area (Å²) in [5.41, 5.74) is 6.08. The Morgan fingerprint density at radius 2 is 1.68 bits per heavy atom. The van der Waals surface area contributed by atoms with Gasteiger partial charge in [0, 0.05) is 16.7 Å². The Bertz CT molecular complexity index is 953. The van der Waals surface area contributed by atoms with Crippen LogP contribution in [0, 0.1) is 11.6 Å². The van der Waals surface area contributed by atoms with Crippen molar-refractivity contribution in [2.45, 2.75) is 6.54 Å². The number of benzene rings is 2. The quantitative estimate of drug-likeness (QED) is 0.709. The van der Waals surface area contributed by atoms with E-state index in [1.54, 1.807) is 12.1 Å². The molecule has 0 aliphatic rings. The fraction of sp³-hybridized carbons (Fsp3) is 0.0625. The van der Waals surface area contributed by atoms with E-state index < -0.39 is 23.3 Å². The van der Waals surface area contributed by atoms with E-state index in [2.05, 4.69) is 15.4 Å². The lowest BCUT2D eigenvalue weighted by Gasteiger charge is -2.01. The SMILES string of the molecule is NC(=O)c1ccc(-c2nnn(CC(=O)c3ccc(F)c(F)c3)n2)cc1. The normalized spacial score (nSPS) is 10.6. The first-order valence-corrected chi connectivity index (χ1v) is 7.10. The number of tetrazole rings is 1. The number of carbonyl (C=O) groups excluding carboxylic acids is 2. The van der Waals surface area contributed by atoms with Crippen LogP contribution in [-0.2, 0) is 6.54 Å². The maximum absolute atomic E-state index is 13.2. The van der Waals surface area contributed by atoms with Crippen LogP contribution in [0.5, 0.6) is 0 Å². The van der Waals surface area contributed by atoms with Crippen molar-refractivity contribution in [2.75, 3.05) is 0 Å². The number of halogens is 2. The van der Waals surface area contributed by atoms with E-state index in [9.17, 15) is 18.4 Å². The van der Waals surface area contributed by atoms with Crippen LogP contribution in [0.3, 0.4) is 0 Å². The van der Waals surface area contributed by atoms with E-state index in [0.717, 1.165) is 16.9 Å². The molecule has 7 nitrogen and oxygen atoms in total. The standard InChI is InChI=1S/C16H11F2N5O2/c17-12-6-5-11(7-13(12)18)14(24)8-23-21-16(20-22-23)10-3-1-9(2-4-10)15(19)25/h1-7H,8H2,(H2,19,25). The summed E-state index contributed by atoms with van der Waals surface area (Å²) in [6.07, 6.45) is 0. The van der Waals surface area contributed by atoms with E-state index in [0.29, 0.717) is 11.1 Å². The first kappa shape index (κ1) is 16.4. The van der Waals surface area contributed by atoms with Gasteiger partial charge in [0.25, 0.3) is 0 Å². The minimum Gasteiger partial charge on any atom is -0.366 e. The topological polar surface area (TPSA) is 104 Å². The van der Waals surface area contributed by atoms with Gasteiger partial charge >= 0.3 is 0 Å².